The maximum absolute atomic E-state index is 11.9. The lowest BCUT2D eigenvalue weighted by atomic mass is 9.98. The normalized spacial score (nSPS) is 18.7. The summed E-state index contributed by atoms with van der Waals surface area (Å²) in [6.45, 7) is 7.75. The molecule has 2 heterocycles. The van der Waals surface area contributed by atoms with Crippen LogP contribution < -0.4 is 16.0 Å². The minimum Gasteiger partial charge on any atom is -0.352 e. The van der Waals surface area contributed by atoms with E-state index in [1.54, 1.807) is 6.20 Å². The summed E-state index contributed by atoms with van der Waals surface area (Å²) >= 11 is 0. The minimum absolute atomic E-state index is 0.0397. The maximum atomic E-state index is 11.9. The van der Waals surface area contributed by atoms with E-state index in [1.165, 1.54) is 0 Å². The molecule has 1 amide bonds. The van der Waals surface area contributed by atoms with Gasteiger partial charge in [-0.2, -0.15) is 0 Å². The van der Waals surface area contributed by atoms with Gasteiger partial charge in [0.2, 0.25) is 5.91 Å². The van der Waals surface area contributed by atoms with Gasteiger partial charge in [-0.3, -0.25) is 4.79 Å². The van der Waals surface area contributed by atoms with Gasteiger partial charge in [0.05, 0.1) is 0 Å². The van der Waals surface area contributed by atoms with E-state index in [9.17, 15) is 4.79 Å². The van der Waals surface area contributed by atoms with E-state index >= 15 is 0 Å². The second-order valence-corrected chi connectivity index (χ2v) is 5.15. The molecule has 1 aliphatic rings. The number of anilines is 1. The highest BCUT2D eigenvalue weighted by atomic mass is 16.2. The number of nitrogens with one attached hydrogen (secondary N) is 1. The van der Waals surface area contributed by atoms with Crippen molar-refractivity contribution in [1.29, 1.82) is 0 Å². The Bertz CT molecular complexity index is 470. The molecular formula is C13H20N4O. The van der Waals surface area contributed by atoms with Crippen LogP contribution in [0.15, 0.2) is 12.3 Å². The zero-order valence-corrected chi connectivity index (χ0v) is 11.2. The molecule has 0 bridgehead atoms. The lowest BCUT2D eigenvalue weighted by Gasteiger charge is -2.42. The average molecular weight is 248 g/mol. The van der Waals surface area contributed by atoms with Crippen molar-refractivity contribution in [2.24, 2.45) is 5.73 Å². The van der Waals surface area contributed by atoms with Crippen LogP contribution in [0.5, 0.6) is 0 Å². The van der Waals surface area contributed by atoms with Crippen molar-refractivity contribution in [2.45, 2.75) is 32.9 Å². The lowest BCUT2D eigenvalue weighted by molar-refractivity contribution is -0.126. The van der Waals surface area contributed by atoms with E-state index in [-0.39, 0.29) is 5.91 Å². The third-order valence-corrected chi connectivity index (χ3v) is 3.45. The van der Waals surface area contributed by atoms with E-state index in [0.29, 0.717) is 13.1 Å². The molecule has 0 spiro atoms. The summed E-state index contributed by atoms with van der Waals surface area (Å²) in [4.78, 5) is 18.5. The minimum atomic E-state index is -0.569. The van der Waals surface area contributed by atoms with E-state index in [0.717, 1.165) is 23.5 Å². The number of hydrogen-bond donors (Lipinski definition) is 2. The van der Waals surface area contributed by atoms with Gasteiger partial charge < -0.3 is 16.0 Å². The molecule has 5 nitrogen and oxygen atoms in total. The maximum Gasteiger partial charge on any atom is 0.245 e. The zero-order chi connectivity index (χ0) is 13.3. The molecule has 0 aromatic carbocycles. The number of rotatable bonds is 2. The number of aromatic nitrogens is 1. The van der Waals surface area contributed by atoms with Crippen LogP contribution in [0.1, 0.15) is 25.0 Å². The largest absolute Gasteiger partial charge is 0.352 e. The molecule has 0 radical (unpaired) electrons. The summed E-state index contributed by atoms with van der Waals surface area (Å²) in [7, 11) is 0. The first-order valence-corrected chi connectivity index (χ1v) is 6.18. The fourth-order valence-electron chi connectivity index (χ4n) is 2.29. The van der Waals surface area contributed by atoms with Crippen molar-refractivity contribution in [3.8, 4) is 0 Å². The second kappa shape index (κ2) is 4.57. The molecule has 2 rings (SSSR count). The quantitative estimate of drug-likeness (QED) is 0.802. The molecule has 3 N–H and O–H groups in total. The van der Waals surface area contributed by atoms with E-state index in [4.69, 9.17) is 5.73 Å². The van der Waals surface area contributed by atoms with Gasteiger partial charge in [0.1, 0.15) is 11.4 Å². The average Bonchev–Trinajstić information content (AvgIpc) is 2.33. The number of nitrogens with two attached hydrogens (primary N) is 1. The van der Waals surface area contributed by atoms with Crippen LogP contribution in [0.2, 0.25) is 0 Å². The number of nitrogens with zero attached hydrogens (tertiary/aromatic N) is 2. The second-order valence-electron chi connectivity index (χ2n) is 5.15. The third-order valence-electron chi connectivity index (χ3n) is 3.45. The first-order chi connectivity index (χ1) is 8.46. The standard InChI is InChI=1S/C13H20N4O/c1-9-6-10(7-14)8-16-11(9)17-5-4-15-12(18)13(17,2)3/h6,8H,4-5,7,14H2,1-3H3,(H,15,18). The SMILES string of the molecule is Cc1cc(CN)cnc1N1CCNC(=O)C1(C)C. The Hall–Kier alpha value is -1.62. The molecular weight excluding hydrogens is 228 g/mol. The number of piperazine rings is 1. The first kappa shape index (κ1) is 12.8. The highest BCUT2D eigenvalue weighted by Gasteiger charge is 2.38. The first-order valence-electron chi connectivity index (χ1n) is 6.18. The zero-order valence-electron chi connectivity index (χ0n) is 11.2. The number of aryl methyl sites for hydroxylation is 1. The third kappa shape index (κ3) is 2.06. The Kier molecular flexibility index (Phi) is 3.26. The highest BCUT2D eigenvalue weighted by molar-refractivity contribution is 5.90. The molecule has 5 heteroatoms. The molecule has 98 valence electrons. The van der Waals surface area contributed by atoms with Gasteiger partial charge in [-0.25, -0.2) is 4.98 Å². The van der Waals surface area contributed by atoms with Gasteiger partial charge in [0.15, 0.2) is 0 Å². The Labute approximate surface area is 107 Å². The Morgan fingerprint density at radius 3 is 2.89 bits per heavy atom. The smallest absolute Gasteiger partial charge is 0.245 e. The van der Waals surface area contributed by atoms with Crippen LogP contribution in [-0.4, -0.2) is 29.5 Å². The van der Waals surface area contributed by atoms with Gasteiger partial charge in [0, 0.05) is 25.8 Å². The predicted molar refractivity (Wildman–Crippen MR) is 71.3 cm³/mol. The highest BCUT2D eigenvalue weighted by Crippen LogP contribution is 2.27. The van der Waals surface area contributed by atoms with Crippen LogP contribution in [0.4, 0.5) is 5.82 Å². The van der Waals surface area contributed by atoms with E-state index < -0.39 is 5.54 Å². The molecule has 18 heavy (non-hydrogen) atoms. The summed E-state index contributed by atoms with van der Waals surface area (Å²) in [6.07, 6.45) is 1.78. The van der Waals surface area contributed by atoms with Crippen LogP contribution in [0.25, 0.3) is 0 Å². The van der Waals surface area contributed by atoms with E-state index in [1.807, 2.05) is 26.8 Å². The van der Waals surface area contributed by atoms with Crippen LogP contribution >= 0.6 is 0 Å². The number of carbonyl (C=O) groups is 1. The number of amides is 1. The molecule has 1 aromatic heterocycles. The molecule has 0 atom stereocenters. The van der Waals surface area contributed by atoms with Crippen molar-refractivity contribution in [3.05, 3.63) is 23.4 Å². The van der Waals surface area contributed by atoms with Crippen molar-refractivity contribution < 1.29 is 4.79 Å². The molecule has 0 unspecified atom stereocenters. The lowest BCUT2D eigenvalue weighted by Crippen LogP contribution is -2.62. The number of hydrogen-bond acceptors (Lipinski definition) is 4. The molecule has 1 aliphatic heterocycles. The van der Waals surface area contributed by atoms with E-state index in [2.05, 4.69) is 15.2 Å². The van der Waals surface area contributed by atoms with Gasteiger partial charge in [-0.15, -0.1) is 0 Å². The summed E-state index contributed by atoms with van der Waals surface area (Å²) < 4.78 is 0. The summed E-state index contributed by atoms with van der Waals surface area (Å²) in [5.74, 6) is 0.907. The van der Waals surface area contributed by atoms with Crippen LogP contribution in [-0.2, 0) is 11.3 Å². The van der Waals surface area contributed by atoms with Crippen LogP contribution in [0.3, 0.4) is 0 Å². The van der Waals surface area contributed by atoms with Gasteiger partial charge in [0.25, 0.3) is 0 Å². The number of pyridine rings is 1. The summed E-state index contributed by atoms with van der Waals surface area (Å²) in [5.41, 5.74) is 7.10. The fraction of sp³-hybridized carbons (Fsp3) is 0.538. The van der Waals surface area contributed by atoms with Crippen molar-refractivity contribution >= 4 is 11.7 Å². The Morgan fingerprint density at radius 2 is 2.28 bits per heavy atom. The monoisotopic (exact) mass is 248 g/mol. The van der Waals surface area contributed by atoms with Crippen molar-refractivity contribution in [2.75, 3.05) is 18.0 Å². The van der Waals surface area contributed by atoms with Gasteiger partial charge in [-0.1, -0.05) is 0 Å². The molecule has 1 fully saturated rings. The van der Waals surface area contributed by atoms with Gasteiger partial charge in [-0.05, 0) is 38.0 Å². The fourth-order valence-corrected chi connectivity index (χ4v) is 2.29. The Balaban J connectivity index is 2.38. The molecule has 1 saturated heterocycles. The Morgan fingerprint density at radius 1 is 1.56 bits per heavy atom. The van der Waals surface area contributed by atoms with Crippen LogP contribution in [0, 0.1) is 6.92 Å². The van der Waals surface area contributed by atoms with Crippen molar-refractivity contribution in [3.63, 3.8) is 0 Å². The molecule has 0 aliphatic carbocycles. The topological polar surface area (TPSA) is 71.2 Å². The van der Waals surface area contributed by atoms with Gasteiger partial charge >= 0.3 is 0 Å². The number of carbonyl (C=O) groups excluding carboxylic acids is 1. The molecule has 1 aromatic rings. The summed E-state index contributed by atoms with van der Waals surface area (Å²) in [6, 6.07) is 2.03. The van der Waals surface area contributed by atoms with Crippen molar-refractivity contribution in [1.82, 2.24) is 10.3 Å². The predicted octanol–water partition coefficient (Wildman–Crippen LogP) is 0.564. The molecule has 0 saturated carbocycles. The summed E-state index contributed by atoms with van der Waals surface area (Å²) in [5, 5.41) is 2.89.